The second-order valence-corrected chi connectivity index (χ2v) is 5.24. The van der Waals surface area contributed by atoms with Crippen molar-refractivity contribution < 1.29 is 32.6 Å². The molecule has 6 nitrogen and oxygen atoms in total. The van der Waals surface area contributed by atoms with E-state index >= 15 is 0 Å². The number of nitrogens with zero attached hydrogens (tertiary/aromatic N) is 2. The zero-order chi connectivity index (χ0) is 17.2. The molecule has 2 unspecified atom stereocenters. The fourth-order valence-electron chi connectivity index (χ4n) is 2.47. The van der Waals surface area contributed by atoms with E-state index in [2.05, 4.69) is 9.72 Å². The third-order valence-electron chi connectivity index (χ3n) is 3.66. The van der Waals surface area contributed by atoms with E-state index in [-0.39, 0.29) is 18.1 Å². The van der Waals surface area contributed by atoms with Crippen LogP contribution in [0.15, 0.2) is 18.2 Å². The first-order chi connectivity index (χ1) is 10.7. The van der Waals surface area contributed by atoms with E-state index < -0.39 is 36.6 Å². The molecule has 2 rings (SSSR count). The maximum absolute atomic E-state index is 12.4. The standard InChI is InChI=1S/C14H15F3N2O4/c1-8-9(13(21)22)5-6-19(8)12(20)10-3-2-4-11(18-10)23-7-14(15,16)17/h2-4,8-9H,5-7H2,1H3,(H,21,22). The van der Waals surface area contributed by atoms with Crippen LogP contribution in [0.5, 0.6) is 5.88 Å². The number of ether oxygens (including phenoxy) is 1. The third-order valence-corrected chi connectivity index (χ3v) is 3.66. The molecule has 1 fully saturated rings. The molecule has 1 amide bonds. The van der Waals surface area contributed by atoms with Gasteiger partial charge in [-0.1, -0.05) is 6.07 Å². The Morgan fingerprint density at radius 2 is 2.13 bits per heavy atom. The van der Waals surface area contributed by atoms with Gasteiger partial charge in [-0.2, -0.15) is 13.2 Å². The zero-order valence-electron chi connectivity index (χ0n) is 12.2. The molecule has 0 radical (unpaired) electrons. The van der Waals surface area contributed by atoms with E-state index in [4.69, 9.17) is 5.11 Å². The predicted octanol–water partition coefficient (Wildman–Crippen LogP) is 1.96. The molecule has 23 heavy (non-hydrogen) atoms. The highest BCUT2D eigenvalue weighted by atomic mass is 19.4. The van der Waals surface area contributed by atoms with E-state index in [1.165, 1.54) is 23.1 Å². The van der Waals surface area contributed by atoms with Crippen LogP contribution >= 0.6 is 0 Å². The summed E-state index contributed by atoms with van der Waals surface area (Å²) < 4.78 is 40.9. The van der Waals surface area contributed by atoms with Crippen LogP contribution in [0, 0.1) is 5.92 Å². The van der Waals surface area contributed by atoms with E-state index in [1.807, 2.05) is 0 Å². The lowest BCUT2D eigenvalue weighted by atomic mass is 10.0. The number of carbonyl (C=O) groups excluding carboxylic acids is 1. The van der Waals surface area contributed by atoms with Crippen molar-refractivity contribution in [3.8, 4) is 5.88 Å². The highest BCUT2D eigenvalue weighted by Gasteiger charge is 2.38. The molecule has 0 spiro atoms. The maximum Gasteiger partial charge on any atom is 0.422 e. The molecule has 9 heteroatoms. The summed E-state index contributed by atoms with van der Waals surface area (Å²) in [5, 5.41) is 9.06. The average molecular weight is 332 g/mol. The van der Waals surface area contributed by atoms with Gasteiger partial charge in [0.15, 0.2) is 6.61 Å². The zero-order valence-corrected chi connectivity index (χ0v) is 12.2. The minimum Gasteiger partial charge on any atom is -0.481 e. The second kappa shape index (κ2) is 6.43. The van der Waals surface area contributed by atoms with Crippen LogP contribution in [0.1, 0.15) is 23.8 Å². The van der Waals surface area contributed by atoms with Crippen LogP contribution in [-0.4, -0.2) is 52.2 Å². The van der Waals surface area contributed by atoms with Crippen LogP contribution < -0.4 is 4.74 Å². The van der Waals surface area contributed by atoms with Crippen molar-refractivity contribution in [1.29, 1.82) is 0 Å². The number of likely N-dealkylation sites (tertiary alicyclic amines) is 1. The Bertz CT molecular complexity index is 606. The summed E-state index contributed by atoms with van der Waals surface area (Å²) in [6, 6.07) is 3.42. The monoisotopic (exact) mass is 332 g/mol. The molecule has 0 saturated carbocycles. The van der Waals surface area contributed by atoms with Crippen molar-refractivity contribution in [2.45, 2.75) is 25.6 Å². The Hall–Kier alpha value is -2.32. The van der Waals surface area contributed by atoms with Crippen molar-refractivity contribution in [1.82, 2.24) is 9.88 Å². The lowest BCUT2D eigenvalue weighted by Crippen LogP contribution is -2.38. The molecule has 2 atom stereocenters. The molecule has 1 aliphatic rings. The summed E-state index contributed by atoms with van der Waals surface area (Å²) in [6.45, 7) is 0.374. The molecular weight excluding hydrogens is 317 g/mol. The van der Waals surface area contributed by atoms with Gasteiger partial charge in [0.25, 0.3) is 5.91 Å². The van der Waals surface area contributed by atoms with Crippen molar-refractivity contribution in [3.63, 3.8) is 0 Å². The number of pyridine rings is 1. The Morgan fingerprint density at radius 3 is 2.70 bits per heavy atom. The van der Waals surface area contributed by atoms with Crippen molar-refractivity contribution in [2.24, 2.45) is 5.92 Å². The number of aliphatic carboxylic acids is 1. The lowest BCUT2D eigenvalue weighted by Gasteiger charge is -2.23. The van der Waals surface area contributed by atoms with Crippen LogP contribution in [0.3, 0.4) is 0 Å². The number of carbonyl (C=O) groups is 2. The summed E-state index contributed by atoms with van der Waals surface area (Å²) in [4.78, 5) is 28.6. The number of alkyl halides is 3. The van der Waals surface area contributed by atoms with Gasteiger partial charge >= 0.3 is 12.1 Å². The molecule has 1 saturated heterocycles. The number of carboxylic acid groups (broad SMARTS) is 1. The number of carboxylic acids is 1. The van der Waals surface area contributed by atoms with Gasteiger partial charge in [-0.05, 0) is 19.4 Å². The molecule has 126 valence electrons. The number of aromatic nitrogens is 1. The molecule has 2 heterocycles. The average Bonchev–Trinajstić information content (AvgIpc) is 2.86. The minimum atomic E-state index is -4.50. The van der Waals surface area contributed by atoms with Gasteiger partial charge in [-0.3, -0.25) is 9.59 Å². The van der Waals surface area contributed by atoms with Gasteiger partial charge < -0.3 is 14.7 Å². The topological polar surface area (TPSA) is 79.7 Å². The summed E-state index contributed by atoms with van der Waals surface area (Å²) in [5.41, 5.74) is -0.0810. The smallest absolute Gasteiger partial charge is 0.422 e. The van der Waals surface area contributed by atoms with Gasteiger partial charge in [0.1, 0.15) is 5.69 Å². The fraction of sp³-hybridized carbons (Fsp3) is 0.500. The SMILES string of the molecule is CC1C(C(=O)O)CCN1C(=O)c1cccc(OCC(F)(F)F)n1. The Morgan fingerprint density at radius 1 is 1.43 bits per heavy atom. The molecule has 1 aromatic rings. The third kappa shape index (κ3) is 4.11. The normalized spacial score (nSPS) is 21.3. The van der Waals surface area contributed by atoms with Crippen LogP contribution in [-0.2, 0) is 4.79 Å². The van der Waals surface area contributed by atoms with E-state index in [0.717, 1.165) is 0 Å². The largest absolute Gasteiger partial charge is 0.481 e. The minimum absolute atomic E-state index is 0.0810. The maximum atomic E-state index is 12.4. The molecule has 0 aliphatic carbocycles. The van der Waals surface area contributed by atoms with Crippen LogP contribution in [0.4, 0.5) is 13.2 Å². The molecule has 1 aromatic heterocycles. The second-order valence-electron chi connectivity index (χ2n) is 5.24. The van der Waals surface area contributed by atoms with Crippen molar-refractivity contribution in [3.05, 3.63) is 23.9 Å². The summed E-state index contributed by atoms with van der Waals surface area (Å²) in [6.07, 6.45) is -4.17. The predicted molar refractivity (Wildman–Crippen MR) is 72.0 cm³/mol. The van der Waals surface area contributed by atoms with Crippen molar-refractivity contribution >= 4 is 11.9 Å². The summed E-state index contributed by atoms with van der Waals surface area (Å²) in [5.74, 6) is -2.49. The Labute approximate surface area is 129 Å². The van der Waals surface area contributed by atoms with Gasteiger partial charge in [0, 0.05) is 18.7 Å². The number of rotatable bonds is 4. The van der Waals surface area contributed by atoms with Gasteiger partial charge in [0.2, 0.25) is 5.88 Å². The molecule has 0 bridgehead atoms. The number of hydrogen-bond acceptors (Lipinski definition) is 4. The van der Waals surface area contributed by atoms with Crippen LogP contribution in [0.2, 0.25) is 0 Å². The number of halogens is 3. The fourth-order valence-corrected chi connectivity index (χ4v) is 2.47. The molecular formula is C14H15F3N2O4. The highest BCUT2D eigenvalue weighted by Crippen LogP contribution is 2.26. The Kier molecular flexibility index (Phi) is 4.76. The van der Waals surface area contributed by atoms with Crippen LogP contribution in [0.25, 0.3) is 0 Å². The van der Waals surface area contributed by atoms with Gasteiger partial charge in [-0.25, -0.2) is 4.98 Å². The molecule has 1 N–H and O–H groups in total. The van der Waals surface area contributed by atoms with E-state index in [9.17, 15) is 22.8 Å². The first-order valence-corrected chi connectivity index (χ1v) is 6.89. The molecule has 0 aromatic carbocycles. The first-order valence-electron chi connectivity index (χ1n) is 6.89. The lowest BCUT2D eigenvalue weighted by molar-refractivity contribution is -0.154. The highest BCUT2D eigenvalue weighted by molar-refractivity contribution is 5.93. The Balaban J connectivity index is 2.10. The van der Waals surface area contributed by atoms with Gasteiger partial charge in [-0.15, -0.1) is 0 Å². The van der Waals surface area contributed by atoms with E-state index in [1.54, 1.807) is 6.92 Å². The van der Waals surface area contributed by atoms with Crippen molar-refractivity contribution in [2.75, 3.05) is 13.2 Å². The number of amides is 1. The quantitative estimate of drug-likeness (QED) is 0.912. The molecule has 1 aliphatic heterocycles. The first kappa shape index (κ1) is 17.0. The summed E-state index contributed by atoms with van der Waals surface area (Å²) >= 11 is 0. The summed E-state index contributed by atoms with van der Waals surface area (Å²) in [7, 11) is 0. The van der Waals surface area contributed by atoms with Gasteiger partial charge in [0.05, 0.1) is 5.92 Å². The van der Waals surface area contributed by atoms with E-state index in [0.29, 0.717) is 6.42 Å². The number of hydrogen-bond donors (Lipinski definition) is 1.